The molecule has 2 N–H and O–H groups in total. The Morgan fingerprint density at radius 2 is 2.12 bits per heavy atom. The number of fused-ring (bicyclic) bond motifs is 1. The van der Waals surface area contributed by atoms with Crippen molar-refractivity contribution in [3.05, 3.63) is 11.7 Å². The third-order valence-electron chi connectivity index (χ3n) is 5.56. The van der Waals surface area contributed by atoms with E-state index in [1.54, 1.807) is 4.90 Å². The lowest BCUT2D eigenvalue weighted by atomic mass is 10.1. The molecule has 1 saturated carbocycles. The summed E-state index contributed by atoms with van der Waals surface area (Å²) in [6, 6.07) is -0.670. The summed E-state index contributed by atoms with van der Waals surface area (Å²) in [5.41, 5.74) is 0. The fourth-order valence-electron chi connectivity index (χ4n) is 4.21. The van der Waals surface area contributed by atoms with Crippen molar-refractivity contribution >= 4 is 15.9 Å². The van der Waals surface area contributed by atoms with E-state index in [2.05, 4.69) is 20.8 Å². The molecule has 26 heavy (non-hydrogen) atoms. The van der Waals surface area contributed by atoms with Crippen LogP contribution in [0.15, 0.2) is 4.52 Å². The lowest BCUT2D eigenvalue weighted by molar-refractivity contribution is 0.151. The van der Waals surface area contributed by atoms with Gasteiger partial charge < -0.3 is 20.1 Å². The first kappa shape index (κ1) is 17.7. The molecule has 2 atom stereocenters. The Morgan fingerprint density at radius 1 is 1.31 bits per heavy atom. The number of rotatable bonds is 4. The highest BCUT2D eigenvalue weighted by atomic mass is 32.2. The minimum atomic E-state index is -3.08. The lowest BCUT2D eigenvalue weighted by Crippen LogP contribution is -2.61. The van der Waals surface area contributed by atoms with Crippen molar-refractivity contribution in [3.8, 4) is 0 Å². The molecule has 0 spiro atoms. The number of piperazine rings is 1. The summed E-state index contributed by atoms with van der Waals surface area (Å²) in [7, 11) is -3.08. The van der Waals surface area contributed by atoms with Crippen molar-refractivity contribution in [2.75, 3.05) is 31.1 Å². The Hall–Kier alpha value is -1.68. The second kappa shape index (κ2) is 7.15. The van der Waals surface area contributed by atoms with Gasteiger partial charge in [0.2, 0.25) is 5.89 Å². The van der Waals surface area contributed by atoms with Gasteiger partial charge in [-0.05, 0) is 12.8 Å². The fourth-order valence-corrected chi connectivity index (χ4v) is 6.17. The number of hydrogen-bond acceptors (Lipinski definition) is 7. The zero-order valence-corrected chi connectivity index (χ0v) is 15.5. The van der Waals surface area contributed by atoms with Crippen molar-refractivity contribution in [1.29, 1.82) is 0 Å². The predicted octanol–water partition coefficient (Wildman–Crippen LogP) is 0.0501. The summed E-state index contributed by atoms with van der Waals surface area (Å²) in [6.07, 6.45) is 5.13. The van der Waals surface area contributed by atoms with E-state index in [1.807, 2.05) is 0 Å². The number of nitrogens with zero attached hydrogens (tertiary/aromatic N) is 3. The van der Waals surface area contributed by atoms with Crippen molar-refractivity contribution in [3.63, 3.8) is 0 Å². The van der Waals surface area contributed by atoms with Crippen LogP contribution in [0.1, 0.15) is 43.3 Å². The monoisotopic (exact) mass is 383 g/mol. The molecule has 1 aromatic rings. The Bertz CT molecular complexity index is 758. The second-order valence-corrected chi connectivity index (χ2v) is 9.56. The maximum Gasteiger partial charge on any atom is 0.317 e. The maximum absolute atomic E-state index is 12.5. The fraction of sp³-hybridized carbons (Fsp3) is 0.812. The van der Waals surface area contributed by atoms with Gasteiger partial charge >= 0.3 is 6.03 Å². The Morgan fingerprint density at radius 3 is 2.92 bits per heavy atom. The third kappa shape index (κ3) is 3.71. The van der Waals surface area contributed by atoms with E-state index in [9.17, 15) is 13.2 Å². The summed E-state index contributed by atoms with van der Waals surface area (Å²) in [5, 5.41) is 10.1. The van der Waals surface area contributed by atoms with Gasteiger partial charge in [-0.1, -0.05) is 18.0 Å². The molecule has 9 nitrogen and oxygen atoms in total. The standard InChI is InChI=1S/C16H25N5O4S/c22-16(21-8-7-17-12-9-26(23,24)10-13(12)21)18-6-5-14-19-15(25-20-14)11-3-1-2-4-11/h11-13,17H,1-10H2,(H,18,22)/t12-,13+/m0/s1. The molecule has 1 aromatic heterocycles. The van der Waals surface area contributed by atoms with Gasteiger partial charge in [0, 0.05) is 38.0 Å². The van der Waals surface area contributed by atoms with Crippen LogP contribution < -0.4 is 10.6 Å². The molecule has 3 fully saturated rings. The molecule has 0 unspecified atom stereocenters. The first-order valence-electron chi connectivity index (χ1n) is 9.32. The quantitative estimate of drug-likeness (QED) is 0.754. The average molecular weight is 383 g/mol. The van der Waals surface area contributed by atoms with Crippen molar-refractivity contribution in [2.24, 2.45) is 0 Å². The third-order valence-corrected chi connectivity index (χ3v) is 7.27. The lowest BCUT2D eigenvalue weighted by Gasteiger charge is -2.37. The van der Waals surface area contributed by atoms with Gasteiger partial charge in [-0.25, -0.2) is 13.2 Å². The van der Waals surface area contributed by atoms with E-state index in [1.165, 1.54) is 12.8 Å². The normalized spacial score (nSPS) is 28.2. The highest BCUT2D eigenvalue weighted by Crippen LogP contribution is 2.32. The van der Waals surface area contributed by atoms with Gasteiger partial charge in [0.25, 0.3) is 0 Å². The zero-order chi connectivity index (χ0) is 18.1. The number of aromatic nitrogens is 2. The van der Waals surface area contributed by atoms with Crippen LogP contribution in [0.25, 0.3) is 0 Å². The number of amides is 2. The minimum absolute atomic E-state index is 0.0354. The van der Waals surface area contributed by atoms with Crippen LogP contribution in [0.3, 0.4) is 0 Å². The SMILES string of the molecule is O=C(NCCc1noc(C2CCCC2)n1)N1CCN[C@H]2CS(=O)(=O)C[C@H]21. The molecule has 1 aliphatic carbocycles. The van der Waals surface area contributed by atoms with Gasteiger partial charge in [-0.3, -0.25) is 0 Å². The Labute approximate surface area is 152 Å². The number of nitrogens with one attached hydrogen (secondary N) is 2. The Kier molecular flexibility index (Phi) is 4.87. The van der Waals surface area contributed by atoms with Crippen molar-refractivity contribution in [2.45, 2.75) is 50.1 Å². The largest absolute Gasteiger partial charge is 0.339 e. The van der Waals surface area contributed by atoms with E-state index in [-0.39, 0.29) is 29.6 Å². The van der Waals surface area contributed by atoms with Gasteiger partial charge in [-0.2, -0.15) is 4.98 Å². The Balaban J connectivity index is 1.28. The molecule has 3 aliphatic rings. The number of carbonyl (C=O) groups excluding carboxylic acids is 1. The second-order valence-electron chi connectivity index (χ2n) is 7.41. The highest BCUT2D eigenvalue weighted by molar-refractivity contribution is 7.91. The molecule has 2 aliphatic heterocycles. The van der Waals surface area contributed by atoms with E-state index in [4.69, 9.17) is 4.52 Å². The zero-order valence-electron chi connectivity index (χ0n) is 14.7. The number of hydrogen-bond donors (Lipinski definition) is 2. The minimum Gasteiger partial charge on any atom is -0.339 e. The molecule has 0 bridgehead atoms. The van der Waals surface area contributed by atoms with Gasteiger partial charge in [0.15, 0.2) is 15.7 Å². The molecule has 0 aromatic carbocycles. The average Bonchev–Trinajstić information content (AvgIpc) is 3.31. The van der Waals surface area contributed by atoms with Gasteiger partial charge in [-0.15, -0.1) is 0 Å². The van der Waals surface area contributed by atoms with Crippen LogP contribution in [-0.4, -0.2) is 72.7 Å². The van der Waals surface area contributed by atoms with Crippen LogP contribution >= 0.6 is 0 Å². The van der Waals surface area contributed by atoms with E-state index in [0.29, 0.717) is 43.7 Å². The number of carbonyl (C=O) groups is 1. The summed E-state index contributed by atoms with van der Waals surface area (Å²) in [6.45, 7) is 1.52. The van der Waals surface area contributed by atoms with Gasteiger partial charge in [0.05, 0.1) is 17.5 Å². The summed E-state index contributed by atoms with van der Waals surface area (Å²) < 4.78 is 29.0. The molecule has 2 saturated heterocycles. The van der Waals surface area contributed by atoms with E-state index >= 15 is 0 Å². The predicted molar refractivity (Wildman–Crippen MR) is 93.5 cm³/mol. The first-order chi connectivity index (χ1) is 12.5. The molecular formula is C16H25N5O4S. The van der Waals surface area contributed by atoms with E-state index < -0.39 is 9.84 Å². The smallest absolute Gasteiger partial charge is 0.317 e. The molecule has 10 heteroatoms. The molecule has 3 heterocycles. The molecular weight excluding hydrogens is 358 g/mol. The van der Waals surface area contributed by atoms with Crippen molar-refractivity contribution in [1.82, 2.24) is 25.7 Å². The molecule has 0 radical (unpaired) electrons. The summed E-state index contributed by atoms with van der Waals surface area (Å²) >= 11 is 0. The van der Waals surface area contributed by atoms with Gasteiger partial charge in [0.1, 0.15) is 0 Å². The van der Waals surface area contributed by atoms with Crippen LogP contribution in [0.5, 0.6) is 0 Å². The topological polar surface area (TPSA) is 117 Å². The van der Waals surface area contributed by atoms with E-state index in [0.717, 1.165) is 12.8 Å². The molecule has 2 amide bonds. The maximum atomic E-state index is 12.5. The summed E-state index contributed by atoms with van der Waals surface area (Å²) in [5.74, 6) is 1.84. The van der Waals surface area contributed by atoms with Crippen molar-refractivity contribution < 1.29 is 17.7 Å². The summed E-state index contributed by atoms with van der Waals surface area (Å²) in [4.78, 5) is 18.6. The number of sulfone groups is 1. The highest BCUT2D eigenvalue weighted by Gasteiger charge is 2.44. The number of urea groups is 1. The molecule has 144 valence electrons. The van der Waals surface area contributed by atoms with Crippen LogP contribution in [0.2, 0.25) is 0 Å². The van der Waals surface area contributed by atoms with Crippen LogP contribution in [0, 0.1) is 0 Å². The molecule has 4 rings (SSSR count). The first-order valence-corrected chi connectivity index (χ1v) is 11.1. The van der Waals surface area contributed by atoms with Crippen LogP contribution in [0.4, 0.5) is 4.79 Å². The van der Waals surface area contributed by atoms with Crippen LogP contribution in [-0.2, 0) is 16.3 Å².